The SMILES string of the molecule is N#Cc1cccc(CNCCc2ccc([N+](=O)[O-])cc2)c1. The van der Waals surface area contributed by atoms with E-state index in [1.54, 1.807) is 18.2 Å². The van der Waals surface area contributed by atoms with Gasteiger partial charge in [0.2, 0.25) is 0 Å². The van der Waals surface area contributed by atoms with Gasteiger partial charge in [0.1, 0.15) is 0 Å². The van der Waals surface area contributed by atoms with Gasteiger partial charge in [-0.05, 0) is 36.2 Å². The predicted molar refractivity (Wildman–Crippen MR) is 79.7 cm³/mol. The molecule has 2 aromatic carbocycles. The van der Waals surface area contributed by atoms with Crippen LogP contribution in [0, 0.1) is 21.4 Å². The van der Waals surface area contributed by atoms with E-state index in [0.29, 0.717) is 12.1 Å². The van der Waals surface area contributed by atoms with Gasteiger partial charge in [0.05, 0.1) is 16.6 Å². The predicted octanol–water partition coefficient (Wildman–Crippen LogP) is 2.80. The lowest BCUT2D eigenvalue weighted by Crippen LogP contribution is -2.16. The molecular weight excluding hydrogens is 266 g/mol. The molecule has 0 amide bonds. The number of non-ortho nitro benzene ring substituents is 1. The zero-order chi connectivity index (χ0) is 15.1. The Morgan fingerprint density at radius 2 is 1.90 bits per heavy atom. The van der Waals surface area contributed by atoms with Gasteiger partial charge in [0.15, 0.2) is 0 Å². The van der Waals surface area contributed by atoms with Gasteiger partial charge in [-0.2, -0.15) is 5.26 Å². The molecule has 0 atom stereocenters. The van der Waals surface area contributed by atoms with Crippen LogP contribution in [0.2, 0.25) is 0 Å². The number of nitrogens with one attached hydrogen (secondary N) is 1. The summed E-state index contributed by atoms with van der Waals surface area (Å²) in [5, 5.41) is 22.7. The number of nitriles is 1. The molecule has 0 unspecified atom stereocenters. The molecule has 106 valence electrons. The molecule has 2 rings (SSSR count). The smallest absolute Gasteiger partial charge is 0.269 e. The van der Waals surface area contributed by atoms with Crippen molar-refractivity contribution in [2.75, 3.05) is 6.54 Å². The van der Waals surface area contributed by atoms with Gasteiger partial charge in [-0.25, -0.2) is 0 Å². The number of nitro benzene ring substituents is 1. The number of hydrogen-bond acceptors (Lipinski definition) is 4. The summed E-state index contributed by atoms with van der Waals surface area (Å²) in [7, 11) is 0. The van der Waals surface area contributed by atoms with Gasteiger partial charge in [0.25, 0.3) is 5.69 Å². The van der Waals surface area contributed by atoms with Crippen molar-refractivity contribution < 1.29 is 4.92 Å². The highest BCUT2D eigenvalue weighted by Gasteiger charge is 2.03. The second kappa shape index (κ2) is 7.17. The molecule has 0 saturated heterocycles. The molecule has 0 aliphatic rings. The molecular formula is C16H15N3O2. The lowest BCUT2D eigenvalue weighted by Gasteiger charge is -2.05. The number of rotatable bonds is 6. The Hall–Kier alpha value is -2.71. The van der Waals surface area contributed by atoms with E-state index in [1.165, 1.54) is 12.1 Å². The normalized spacial score (nSPS) is 10.0. The minimum absolute atomic E-state index is 0.111. The van der Waals surface area contributed by atoms with Crippen molar-refractivity contribution >= 4 is 5.69 Å². The summed E-state index contributed by atoms with van der Waals surface area (Å²) >= 11 is 0. The van der Waals surface area contributed by atoms with Gasteiger partial charge in [0, 0.05) is 18.7 Å². The van der Waals surface area contributed by atoms with Crippen LogP contribution in [0.15, 0.2) is 48.5 Å². The highest BCUT2D eigenvalue weighted by molar-refractivity contribution is 5.33. The van der Waals surface area contributed by atoms with E-state index in [-0.39, 0.29) is 5.69 Å². The number of hydrogen-bond donors (Lipinski definition) is 1. The summed E-state index contributed by atoms with van der Waals surface area (Å²) < 4.78 is 0. The molecule has 0 saturated carbocycles. The van der Waals surface area contributed by atoms with Crippen molar-refractivity contribution in [2.24, 2.45) is 0 Å². The molecule has 0 spiro atoms. The third kappa shape index (κ3) is 4.41. The quantitative estimate of drug-likeness (QED) is 0.501. The minimum Gasteiger partial charge on any atom is -0.312 e. The fraction of sp³-hybridized carbons (Fsp3) is 0.188. The first-order valence-corrected chi connectivity index (χ1v) is 6.62. The summed E-state index contributed by atoms with van der Waals surface area (Å²) in [4.78, 5) is 10.2. The van der Waals surface area contributed by atoms with Crippen LogP contribution in [-0.2, 0) is 13.0 Å². The van der Waals surface area contributed by atoms with Crippen molar-refractivity contribution in [3.05, 3.63) is 75.3 Å². The van der Waals surface area contributed by atoms with E-state index < -0.39 is 4.92 Å². The van der Waals surface area contributed by atoms with Crippen LogP contribution >= 0.6 is 0 Å². The molecule has 0 heterocycles. The Labute approximate surface area is 123 Å². The second-order valence-corrected chi connectivity index (χ2v) is 4.66. The van der Waals surface area contributed by atoms with E-state index in [0.717, 1.165) is 24.1 Å². The largest absolute Gasteiger partial charge is 0.312 e. The Balaban J connectivity index is 1.79. The molecule has 0 fully saturated rings. The molecule has 0 bridgehead atoms. The van der Waals surface area contributed by atoms with Gasteiger partial charge in [-0.1, -0.05) is 24.3 Å². The molecule has 0 aromatic heterocycles. The van der Waals surface area contributed by atoms with E-state index in [2.05, 4.69) is 11.4 Å². The van der Waals surface area contributed by atoms with E-state index >= 15 is 0 Å². The summed E-state index contributed by atoms with van der Waals surface area (Å²) in [6.07, 6.45) is 0.802. The van der Waals surface area contributed by atoms with Crippen molar-refractivity contribution in [1.29, 1.82) is 5.26 Å². The summed E-state index contributed by atoms with van der Waals surface area (Å²) in [6, 6.07) is 16.2. The topological polar surface area (TPSA) is 79.0 Å². The van der Waals surface area contributed by atoms with Crippen LogP contribution in [0.1, 0.15) is 16.7 Å². The van der Waals surface area contributed by atoms with Crippen LogP contribution in [0.25, 0.3) is 0 Å². The monoisotopic (exact) mass is 281 g/mol. The Kier molecular flexibility index (Phi) is 5.02. The molecule has 1 N–H and O–H groups in total. The Morgan fingerprint density at radius 1 is 1.14 bits per heavy atom. The van der Waals surface area contributed by atoms with Crippen molar-refractivity contribution in [3.8, 4) is 6.07 Å². The summed E-state index contributed by atoms with van der Waals surface area (Å²) in [5.74, 6) is 0. The van der Waals surface area contributed by atoms with Gasteiger partial charge >= 0.3 is 0 Å². The van der Waals surface area contributed by atoms with Crippen LogP contribution in [-0.4, -0.2) is 11.5 Å². The average molecular weight is 281 g/mol. The highest BCUT2D eigenvalue weighted by atomic mass is 16.6. The lowest BCUT2D eigenvalue weighted by atomic mass is 10.1. The maximum absolute atomic E-state index is 10.6. The second-order valence-electron chi connectivity index (χ2n) is 4.66. The van der Waals surface area contributed by atoms with E-state index in [1.807, 2.05) is 18.2 Å². The Morgan fingerprint density at radius 3 is 2.57 bits per heavy atom. The van der Waals surface area contributed by atoms with Gasteiger partial charge in [-0.3, -0.25) is 10.1 Å². The molecule has 5 nitrogen and oxygen atoms in total. The van der Waals surface area contributed by atoms with E-state index in [4.69, 9.17) is 5.26 Å². The maximum Gasteiger partial charge on any atom is 0.269 e. The van der Waals surface area contributed by atoms with Crippen LogP contribution < -0.4 is 5.32 Å². The first-order chi connectivity index (χ1) is 10.2. The van der Waals surface area contributed by atoms with Crippen LogP contribution in [0.5, 0.6) is 0 Å². The third-order valence-corrected chi connectivity index (χ3v) is 3.12. The van der Waals surface area contributed by atoms with Gasteiger partial charge in [-0.15, -0.1) is 0 Å². The van der Waals surface area contributed by atoms with Crippen LogP contribution in [0.4, 0.5) is 5.69 Å². The number of nitrogens with zero attached hydrogens (tertiary/aromatic N) is 2. The molecule has 21 heavy (non-hydrogen) atoms. The fourth-order valence-electron chi connectivity index (χ4n) is 2.00. The summed E-state index contributed by atoms with van der Waals surface area (Å²) in [5.41, 5.74) is 2.89. The number of nitro groups is 1. The first-order valence-electron chi connectivity index (χ1n) is 6.62. The van der Waals surface area contributed by atoms with Crippen molar-refractivity contribution in [1.82, 2.24) is 5.32 Å². The van der Waals surface area contributed by atoms with Crippen LogP contribution in [0.3, 0.4) is 0 Å². The first kappa shape index (κ1) is 14.7. The molecule has 0 aliphatic heterocycles. The highest BCUT2D eigenvalue weighted by Crippen LogP contribution is 2.12. The molecule has 2 aromatic rings. The van der Waals surface area contributed by atoms with Crippen molar-refractivity contribution in [2.45, 2.75) is 13.0 Å². The zero-order valence-electron chi connectivity index (χ0n) is 11.5. The standard InChI is InChI=1S/C16H15N3O2/c17-11-14-2-1-3-15(10-14)12-18-9-8-13-4-6-16(7-5-13)19(20)21/h1-7,10,18H,8-9,12H2. The minimum atomic E-state index is -0.399. The molecule has 0 radical (unpaired) electrons. The third-order valence-electron chi connectivity index (χ3n) is 3.12. The lowest BCUT2D eigenvalue weighted by molar-refractivity contribution is -0.384. The average Bonchev–Trinajstić information content (AvgIpc) is 2.52. The van der Waals surface area contributed by atoms with Crippen molar-refractivity contribution in [3.63, 3.8) is 0 Å². The number of benzene rings is 2. The maximum atomic E-state index is 10.6. The fourth-order valence-corrected chi connectivity index (χ4v) is 2.00. The summed E-state index contributed by atoms with van der Waals surface area (Å²) in [6.45, 7) is 1.47. The molecule has 0 aliphatic carbocycles. The Bertz CT molecular complexity index is 660. The van der Waals surface area contributed by atoms with E-state index in [9.17, 15) is 10.1 Å². The molecule has 5 heteroatoms. The zero-order valence-corrected chi connectivity index (χ0v) is 11.5. The van der Waals surface area contributed by atoms with Gasteiger partial charge < -0.3 is 5.32 Å².